The zero-order valence-electron chi connectivity index (χ0n) is 10.5. The minimum Gasteiger partial charge on any atom is -0.350 e. The maximum absolute atomic E-state index is 12.5. The van der Waals surface area contributed by atoms with Gasteiger partial charge in [0.2, 0.25) is 0 Å². The molecule has 0 aliphatic carbocycles. The highest BCUT2D eigenvalue weighted by atomic mass is 19.4. The first-order valence-electron chi connectivity index (χ1n) is 5.66. The quantitative estimate of drug-likeness (QED) is 0.669. The van der Waals surface area contributed by atoms with Gasteiger partial charge in [0.1, 0.15) is 0 Å². The number of rotatable bonds is 3. The lowest BCUT2D eigenvalue weighted by Gasteiger charge is -2.03. The number of imidazole rings is 1. The number of alkyl halides is 3. The highest BCUT2D eigenvalue weighted by Gasteiger charge is 2.33. The van der Waals surface area contributed by atoms with Crippen molar-refractivity contribution in [3.8, 4) is 5.69 Å². The fourth-order valence-corrected chi connectivity index (χ4v) is 1.55. The Morgan fingerprint density at radius 1 is 1.43 bits per heavy atom. The minimum absolute atomic E-state index is 0.473. The number of carbonyl (C=O) groups is 1. The van der Waals surface area contributed by atoms with Crippen molar-refractivity contribution in [1.82, 2.24) is 15.0 Å². The smallest absolute Gasteiger partial charge is 0.350 e. The van der Waals surface area contributed by atoms with Gasteiger partial charge in [-0.15, -0.1) is 0 Å². The van der Waals surface area contributed by atoms with Gasteiger partial charge in [-0.1, -0.05) is 12.1 Å². The second kappa shape index (κ2) is 5.65. The van der Waals surface area contributed by atoms with E-state index in [2.05, 4.69) is 10.1 Å². The molecule has 2 amide bonds. The number of nitrogens with two attached hydrogens (primary N) is 1. The highest BCUT2D eigenvalue weighted by Crippen LogP contribution is 2.28. The molecule has 0 aliphatic heterocycles. The van der Waals surface area contributed by atoms with Crippen LogP contribution in [0, 0.1) is 0 Å². The number of hydrogen-bond donors (Lipinski definition) is 2. The molecule has 0 radical (unpaired) electrons. The van der Waals surface area contributed by atoms with E-state index < -0.39 is 17.9 Å². The summed E-state index contributed by atoms with van der Waals surface area (Å²) in [6.45, 7) is 0. The Morgan fingerprint density at radius 2 is 2.19 bits per heavy atom. The van der Waals surface area contributed by atoms with E-state index in [0.717, 1.165) is 12.5 Å². The number of benzene rings is 1. The second-order valence-corrected chi connectivity index (χ2v) is 3.99. The lowest BCUT2D eigenvalue weighted by Crippen LogP contribution is -2.24. The standard InChI is InChI=1S/C12H10F3N5O/c13-12(14,15)10-6-20(7-17-10)9-3-1-2-8(4-9)5-18-19-11(16)21/h1-7H,(H3,16,19,21)/b18-5+. The molecular formula is C12H10F3N5O. The Labute approximate surface area is 117 Å². The highest BCUT2D eigenvalue weighted by molar-refractivity contribution is 5.82. The summed E-state index contributed by atoms with van der Waals surface area (Å²) in [5.74, 6) is 0. The maximum atomic E-state index is 12.5. The molecule has 0 unspecified atom stereocenters. The van der Waals surface area contributed by atoms with Crippen molar-refractivity contribution in [1.29, 1.82) is 0 Å². The van der Waals surface area contributed by atoms with Gasteiger partial charge in [0, 0.05) is 11.9 Å². The number of nitrogens with zero attached hydrogens (tertiary/aromatic N) is 3. The van der Waals surface area contributed by atoms with Crippen LogP contribution in [-0.2, 0) is 6.18 Å². The van der Waals surface area contributed by atoms with E-state index in [4.69, 9.17) is 5.73 Å². The normalized spacial score (nSPS) is 11.8. The Bertz CT molecular complexity index is 678. The van der Waals surface area contributed by atoms with Crippen LogP contribution in [0.3, 0.4) is 0 Å². The SMILES string of the molecule is NC(=O)N/N=C/c1cccc(-n2cnc(C(F)(F)F)c2)c1. The summed E-state index contributed by atoms with van der Waals surface area (Å²) in [5, 5.41) is 3.57. The van der Waals surface area contributed by atoms with E-state index in [-0.39, 0.29) is 0 Å². The van der Waals surface area contributed by atoms with Gasteiger partial charge in [-0.25, -0.2) is 15.2 Å². The first-order valence-corrected chi connectivity index (χ1v) is 5.66. The third-order valence-corrected chi connectivity index (χ3v) is 2.43. The van der Waals surface area contributed by atoms with Gasteiger partial charge in [-0.2, -0.15) is 18.3 Å². The fraction of sp³-hybridized carbons (Fsp3) is 0.0833. The molecule has 6 nitrogen and oxygen atoms in total. The molecule has 110 valence electrons. The van der Waals surface area contributed by atoms with E-state index in [0.29, 0.717) is 11.3 Å². The Balaban J connectivity index is 2.23. The van der Waals surface area contributed by atoms with Gasteiger partial charge in [-0.05, 0) is 17.7 Å². The van der Waals surface area contributed by atoms with Gasteiger partial charge in [-0.3, -0.25) is 0 Å². The maximum Gasteiger partial charge on any atom is 0.434 e. The Morgan fingerprint density at radius 3 is 2.81 bits per heavy atom. The van der Waals surface area contributed by atoms with E-state index in [1.165, 1.54) is 10.8 Å². The number of carbonyl (C=O) groups excluding carboxylic acids is 1. The largest absolute Gasteiger partial charge is 0.434 e. The zero-order chi connectivity index (χ0) is 15.5. The van der Waals surface area contributed by atoms with Crippen molar-refractivity contribution in [2.45, 2.75) is 6.18 Å². The Kier molecular flexibility index (Phi) is 3.92. The number of hydrogen-bond acceptors (Lipinski definition) is 3. The van der Waals surface area contributed by atoms with Crippen LogP contribution >= 0.6 is 0 Å². The van der Waals surface area contributed by atoms with Crippen molar-refractivity contribution in [3.05, 3.63) is 48.0 Å². The van der Waals surface area contributed by atoms with Crippen molar-refractivity contribution in [2.24, 2.45) is 10.8 Å². The molecule has 1 heterocycles. The third kappa shape index (κ3) is 3.81. The summed E-state index contributed by atoms with van der Waals surface area (Å²) in [6.07, 6.45) is -1.22. The lowest BCUT2D eigenvalue weighted by atomic mass is 10.2. The van der Waals surface area contributed by atoms with Gasteiger partial charge in [0.05, 0.1) is 12.5 Å². The topological polar surface area (TPSA) is 85.3 Å². The number of urea groups is 1. The number of nitrogens with one attached hydrogen (secondary N) is 1. The molecular weight excluding hydrogens is 287 g/mol. The van der Waals surface area contributed by atoms with Crippen molar-refractivity contribution in [2.75, 3.05) is 0 Å². The summed E-state index contributed by atoms with van der Waals surface area (Å²) < 4.78 is 38.7. The molecule has 0 bridgehead atoms. The molecule has 9 heteroatoms. The number of hydrazone groups is 1. The molecule has 2 aromatic rings. The van der Waals surface area contributed by atoms with Crippen LogP contribution in [0.25, 0.3) is 5.69 Å². The van der Waals surface area contributed by atoms with Crippen LogP contribution in [0.2, 0.25) is 0 Å². The molecule has 21 heavy (non-hydrogen) atoms. The number of primary amides is 1. The molecule has 2 rings (SSSR count). The average molecular weight is 297 g/mol. The first kappa shape index (κ1) is 14.6. The summed E-state index contributed by atoms with van der Waals surface area (Å²) in [7, 11) is 0. The molecule has 0 spiro atoms. The average Bonchev–Trinajstić information content (AvgIpc) is 2.88. The molecule has 0 fully saturated rings. The molecule has 0 saturated heterocycles. The van der Waals surface area contributed by atoms with E-state index >= 15 is 0 Å². The van der Waals surface area contributed by atoms with Crippen LogP contribution in [-0.4, -0.2) is 21.8 Å². The molecule has 3 N–H and O–H groups in total. The van der Waals surface area contributed by atoms with Crippen LogP contribution in [0.1, 0.15) is 11.3 Å². The summed E-state index contributed by atoms with van der Waals surface area (Å²) in [5.41, 5.74) is 6.93. The van der Waals surface area contributed by atoms with E-state index in [9.17, 15) is 18.0 Å². The first-order chi connectivity index (χ1) is 9.86. The number of amides is 2. The molecule has 1 aromatic heterocycles. The van der Waals surface area contributed by atoms with E-state index in [1.54, 1.807) is 24.3 Å². The van der Waals surface area contributed by atoms with Crippen LogP contribution in [0.4, 0.5) is 18.0 Å². The van der Waals surface area contributed by atoms with Gasteiger partial charge in [0.25, 0.3) is 0 Å². The van der Waals surface area contributed by atoms with Crippen LogP contribution in [0.15, 0.2) is 41.9 Å². The fourth-order valence-electron chi connectivity index (χ4n) is 1.55. The van der Waals surface area contributed by atoms with E-state index in [1.807, 2.05) is 5.43 Å². The Hall–Kier alpha value is -2.84. The van der Waals surface area contributed by atoms with Gasteiger partial charge < -0.3 is 10.3 Å². The van der Waals surface area contributed by atoms with Crippen LogP contribution in [0.5, 0.6) is 0 Å². The zero-order valence-corrected chi connectivity index (χ0v) is 10.5. The van der Waals surface area contributed by atoms with Crippen molar-refractivity contribution < 1.29 is 18.0 Å². The molecule has 1 aromatic carbocycles. The number of halogens is 3. The summed E-state index contributed by atoms with van der Waals surface area (Å²) in [4.78, 5) is 13.8. The predicted octanol–water partition coefficient (Wildman–Crippen LogP) is 1.89. The summed E-state index contributed by atoms with van der Waals surface area (Å²) >= 11 is 0. The second-order valence-electron chi connectivity index (χ2n) is 3.99. The lowest BCUT2D eigenvalue weighted by molar-refractivity contribution is -0.140. The minimum atomic E-state index is -4.49. The van der Waals surface area contributed by atoms with Gasteiger partial charge in [0.15, 0.2) is 5.69 Å². The monoisotopic (exact) mass is 297 g/mol. The number of aromatic nitrogens is 2. The molecule has 0 saturated carbocycles. The summed E-state index contributed by atoms with van der Waals surface area (Å²) in [6, 6.07) is 5.67. The van der Waals surface area contributed by atoms with Crippen molar-refractivity contribution >= 4 is 12.2 Å². The van der Waals surface area contributed by atoms with Gasteiger partial charge >= 0.3 is 12.2 Å². The van der Waals surface area contributed by atoms with Crippen LogP contribution < -0.4 is 11.2 Å². The molecule has 0 atom stereocenters. The third-order valence-electron chi connectivity index (χ3n) is 2.43. The van der Waals surface area contributed by atoms with Crippen molar-refractivity contribution in [3.63, 3.8) is 0 Å². The predicted molar refractivity (Wildman–Crippen MR) is 68.9 cm³/mol. The molecule has 0 aliphatic rings.